The zero-order valence-electron chi connectivity index (χ0n) is 8.81. The molecule has 1 aliphatic heterocycles. The minimum Gasteiger partial charge on any atom is -0.0947 e. The molecular formula is C10H23P3. The van der Waals surface area contributed by atoms with Gasteiger partial charge in [0.15, 0.2) is 0 Å². The Labute approximate surface area is 88.1 Å². The van der Waals surface area contributed by atoms with E-state index in [1.165, 1.54) is 61.2 Å². The summed E-state index contributed by atoms with van der Waals surface area (Å²) in [5, 5.41) is 0. The van der Waals surface area contributed by atoms with Gasteiger partial charge in [0.05, 0.1) is 0 Å². The number of rotatable bonds is 0. The van der Waals surface area contributed by atoms with E-state index in [0.29, 0.717) is 7.61 Å². The summed E-state index contributed by atoms with van der Waals surface area (Å²) in [4.78, 5) is 0. The predicted octanol–water partition coefficient (Wildman–Crippen LogP) is 5.03. The third-order valence-corrected chi connectivity index (χ3v) is 12.6. The lowest BCUT2D eigenvalue weighted by Gasteiger charge is -2.13. The Morgan fingerprint density at radius 1 is 0.846 bits per heavy atom. The van der Waals surface area contributed by atoms with Crippen molar-refractivity contribution in [1.29, 1.82) is 0 Å². The second kappa shape index (κ2) is 8.59. The summed E-state index contributed by atoms with van der Waals surface area (Å²) in [6.07, 6.45) is 13.7. The summed E-state index contributed by atoms with van der Waals surface area (Å²) < 4.78 is 0. The molecule has 0 aromatic carbocycles. The van der Waals surface area contributed by atoms with E-state index in [0.717, 1.165) is 0 Å². The monoisotopic (exact) mass is 236 g/mol. The Morgan fingerprint density at radius 3 is 2.23 bits per heavy atom. The SMILES string of the molecule is CP1CCCCCCCCCPP1. The zero-order chi connectivity index (χ0) is 9.36. The van der Waals surface area contributed by atoms with E-state index in [1.54, 1.807) is 12.3 Å². The van der Waals surface area contributed by atoms with Gasteiger partial charge in [-0.2, -0.15) is 0 Å². The summed E-state index contributed by atoms with van der Waals surface area (Å²) in [7, 11) is 3.11. The molecule has 1 fully saturated rings. The molecule has 0 nitrogen and oxygen atoms in total. The van der Waals surface area contributed by atoms with Gasteiger partial charge < -0.3 is 0 Å². The van der Waals surface area contributed by atoms with Crippen molar-refractivity contribution in [1.82, 2.24) is 0 Å². The summed E-state index contributed by atoms with van der Waals surface area (Å²) in [6, 6.07) is 0. The van der Waals surface area contributed by atoms with Crippen LogP contribution in [0.25, 0.3) is 0 Å². The molecule has 3 unspecified atom stereocenters. The molecule has 0 saturated carbocycles. The molecule has 3 heteroatoms. The van der Waals surface area contributed by atoms with Gasteiger partial charge in [-0.3, -0.25) is 0 Å². The standard InChI is InChI=1S/C10H23P3/c1-13-10-8-6-4-2-3-5-7-9-11-12-13/h11-12H,2-10H2,1H3. The van der Waals surface area contributed by atoms with Crippen LogP contribution in [0.15, 0.2) is 0 Å². The van der Waals surface area contributed by atoms with Crippen LogP contribution in [0.5, 0.6) is 0 Å². The van der Waals surface area contributed by atoms with Crippen LogP contribution in [0.3, 0.4) is 0 Å². The van der Waals surface area contributed by atoms with E-state index in [9.17, 15) is 0 Å². The summed E-state index contributed by atoms with van der Waals surface area (Å²) in [5.74, 6) is 0. The van der Waals surface area contributed by atoms with Crippen molar-refractivity contribution in [2.24, 2.45) is 0 Å². The minimum atomic E-state index is 0.455. The van der Waals surface area contributed by atoms with Crippen molar-refractivity contribution in [3.8, 4) is 0 Å². The molecule has 0 amide bonds. The normalized spacial score (nSPS) is 32.5. The van der Waals surface area contributed by atoms with Gasteiger partial charge in [-0.05, 0) is 31.8 Å². The van der Waals surface area contributed by atoms with Crippen molar-refractivity contribution in [2.75, 3.05) is 19.0 Å². The van der Waals surface area contributed by atoms with Crippen molar-refractivity contribution in [2.45, 2.75) is 44.9 Å². The molecule has 13 heavy (non-hydrogen) atoms. The molecule has 0 aliphatic carbocycles. The van der Waals surface area contributed by atoms with Crippen LogP contribution < -0.4 is 0 Å². The van der Waals surface area contributed by atoms with Crippen LogP contribution in [0.1, 0.15) is 44.9 Å². The quantitative estimate of drug-likeness (QED) is 0.517. The van der Waals surface area contributed by atoms with Crippen LogP contribution in [-0.4, -0.2) is 19.0 Å². The fraction of sp³-hybridized carbons (Fsp3) is 1.00. The molecule has 0 aromatic rings. The molecule has 0 N–H and O–H groups in total. The Hall–Kier alpha value is 1.29. The zero-order valence-corrected chi connectivity index (χ0v) is 11.7. The third kappa shape index (κ3) is 7.25. The lowest BCUT2D eigenvalue weighted by molar-refractivity contribution is 0.605. The Kier molecular flexibility index (Phi) is 8.16. The largest absolute Gasteiger partial charge is 0.0947 e. The number of hydrogen-bond donors (Lipinski definition) is 0. The third-order valence-electron chi connectivity index (χ3n) is 2.57. The first-order valence-corrected chi connectivity index (χ1v) is 11.6. The van der Waals surface area contributed by atoms with Crippen LogP contribution in [0.2, 0.25) is 0 Å². The molecule has 0 radical (unpaired) electrons. The first-order valence-electron chi connectivity index (χ1n) is 5.59. The lowest BCUT2D eigenvalue weighted by atomic mass is 10.1. The smallest absolute Gasteiger partial charge is 0.0289 e. The second-order valence-corrected chi connectivity index (χ2v) is 12.9. The Bertz CT molecular complexity index is 105. The fourth-order valence-corrected chi connectivity index (χ4v) is 10.2. The van der Waals surface area contributed by atoms with Gasteiger partial charge >= 0.3 is 0 Å². The maximum atomic E-state index is 2.52. The van der Waals surface area contributed by atoms with Crippen molar-refractivity contribution in [3.05, 3.63) is 0 Å². The molecule has 3 atom stereocenters. The van der Waals surface area contributed by atoms with E-state index >= 15 is 0 Å². The van der Waals surface area contributed by atoms with Crippen molar-refractivity contribution < 1.29 is 0 Å². The van der Waals surface area contributed by atoms with Gasteiger partial charge in [0.1, 0.15) is 0 Å². The Morgan fingerprint density at radius 2 is 1.46 bits per heavy atom. The molecular weight excluding hydrogens is 213 g/mol. The molecule has 0 aromatic heterocycles. The highest BCUT2D eigenvalue weighted by atomic mass is 32.4. The average molecular weight is 236 g/mol. The van der Waals surface area contributed by atoms with E-state index < -0.39 is 0 Å². The van der Waals surface area contributed by atoms with Crippen molar-refractivity contribution >= 4 is 23.8 Å². The molecule has 0 spiro atoms. The summed E-state index contributed by atoms with van der Waals surface area (Å²) in [5.41, 5.74) is 0. The lowest BCUT2D eigenvalue weighted by Crippen LogP contribution is -1.85. The van der Waals surface area contributed by atoms with Gasteiger partial charge in [0, 0.05) is 0 Å². The molecule has 0 bridgehead atoms. The highest BCUT2D eigenvalue weighted by Crippen LogP contribution is 2.63. The summed E-state index contributed by atoms with van der Waals surface area (Å²) in [6.45, 7) is 2.52. The predicted molar refractivity (Wildman–Crippen MR) is 71.5 cm³/mol. The van der Waals surface area contributed by atoms with E-state index in [1.807, 2.05) is 0 Å². The topological polar surface area (TPSA) is 0 Å². The fourth-order valence-electron chi connectivity index (χ4n) is 1.69. The van der Waals surface area contributed by atoms with Gasteiger partial charge in [0.25, 0.3) is 0 Å². The highest BCUT2D eigenvalue weighted by molar-refractivity contribution is 8.48. The maximum Gasteiger partial charge on any atom is -0.0289 e. The van der Waals surface area contributed by atoms with Gasteiger partial charge in [-0.25, -0.2) is 0 Å². The van der Waals surface area contributed by atoms with Crippen LogP contribution >= 0.6 is 23.8 Å². The highest BCUT2D eigenvalue weighted by Gasteiger charge is 2.02. The number of hydrogen-bond acceptors (Lipinski definition) is 0. The summed E-state index contributed by atoms with van der Waals surface area (Å²) >= 11 is 0. The van der Waals surface area contributed by atoms with Crippen molar-refractivity contribution in [3.63, 3.8) is 0 Å². The molecule has 78 valence electrons. The molecule has 1 heterocycles. The first kappa shape index (κ1) is 12.4. The van der Waals surface area contributed by atoms with Gasteiger partial charge in [-0.15, -0.1) is 0 Å². The van der Waals surface area contributed by atoms with Crippen LogP contribution in [-0.2, 0) is 0 Å². The van der Waals surface area contributed by atoms with Gasteiger partial charge in [-0.1, -0.05) is 55.9 Å². The molecule has 1 rings (SSSR count). The van der Waals surface area contributed by atoms with E-state index in [4.69, 9.17) is 0 Å². The van der Waals surface area contributed by atoms with E-state index in [-0.39, 0.29) is 0 Å². The van der Waals surface area contributed by atoms with Crippen LogP contribution in [0.4, 0.5) is 0 Å². The maximum absolute atomic E-state index is 2.52. The second-order valence-electron chi connectivity index (χ2n) is 3.94. The Balaban J connectivity index is 2.11. The van der Waals surface area contributed by atoms with Gasteiger partial charge in [0.2, 0.25) is 0 Å². The van der Waals surface area contributed by atoms with Crippen LogP contribution in [0, 0.1) is 0 Å². The molecule has 1 aliphatic rings. The van der Waals surface area contributed by atoms with E-state index in [2.05, 4.69) is 6.66 Å². The first-order chi connectivity index (χ1) is 6.39. The minimum absolute atomic E-state index is 0.455. The molecule has 1 saturated heterocycles. The average Bonchev–Trinajstić information content (AvgIpc) is 2.11.